The van der Waals surface area contributed by atoms with Gasteiger partial charge < -0.3 is 11.1 Å². The van der Waals surface area contributed by atoms with Crippen LogP contribution in [0.1, 0.15) is 0 Å². The third-order valence-corrected chi connectivity index (χ3v) is 3.87. The topological polar surface area (TPSA) is 55.1 Å². The second-order valence-corrected chi connectivity index (χ2v) is 5.32. The molecule has 0 heterocycles. The maximum absolute atomic E-state index is 11.8. The zero-order valence-corrected chi connectivity index (χ0v) is 11.7. The van der Waals surface area contributed by atoms with Crippen LogP contribution >= 0.6 is 23.4 Å². The van der Waals surface area contributed by atoms with Crippen molar-refractivity contribution in [2.45, 2.75) is 4.90 Å². The SMILES string of the molecule is Nc1ccc(SCC(=O)Nc2ccccc2)c(Cl)c1. The van der Waals surface area contributed by atoms with Gasteiger partial charge in [-0.15, -0.1) is 11.8 Å². The number of nitrogens with one attached hydrogen (secondary N) is 1. The predicted molar refractivity (Wildman–Crippen MR) is 81.7 cm³/mol. The maximum atomic E-state index is 11.8. The number of carbonyl (C=O) groups excluding carboxylic acids is 1. The van der Waals surface area contributed by atoms with Gasteiger partial charge in [-0.1, -0.05) is 29.8 Å². The van der Waals surface area contributed by atoms with Crippen molar-refractivity contribution in [2.75, 3.05) is 16.8 Å². The second kappa shape index (κ2) is 6.50. The van der Waals surface area contributed by atoms with Gasteiger partial charge in [-0.25, -0.2) is 0 Å². The molecule has 0 aliphatic rings. The van der Waals surface area contributed by atoms with E-state index in [-0.39, 0.29) is 5.91 Å². The van der Waals surface area contributed by atoms with E-state index in [1.807, 2.05) is 36.4 Å². The lowest BCUT2D eigenvalue weighted by molar-refractivity contribution is -0.113. The Morgan fingerprint density at radius 1 is 1.21 bits per heavy atom. The van der Waals surface area contributed by atoms with Gasteiger partial charge in [-0.2, -0.15) is 0 Å². The molecule has 0 saturated carbocycles. The smallest absolute Gasteiger partial charge is 0.234 e. The first kappa shape index (κ1) is 13.8. The molecule has 0 aliphatic carbocycles. The Balaban J connectivity index is 1.90. The van der Waals surface area contributed by atoms with E-state index in [0.717, 1.165) is 10.6 Å². The summed E-state index contributed by atoms with van der Waals surface area (Å²) in [5, 5.41) is 3.38. The van der Waals surface area contributed by atoms with Gasteiger partial charge in [0.1, 0.15) is 0 Å². The van der Waals surface area contributed by atoms with Crippen molar-refractivity contribution in [2.24, 2.45) is 0 Å². The van der Waals surface area contributed by atoms with Crippen LogP contribution in [0, 0.1) is 0 Å². The van der Waals surface area contributed by atoms with Crippen molar-refractivity contribution in [3.05, 3.63) is 53.6 Å². The lowest BCUT2D eigenvalue weighted by atomic mass is 10.3. The first-order valence-electron chi connectivity index (χ1n) is 5.68. The Morgan fingerprint density at radius 3 is 2.63 bits per heavy atom. The highest BCUT2D eigenvalue weighted by atomic mass is 35.5. The summed E-state index contributed by atoms with van der Waals surface area (Å²) in [7, 11) is 0. The van der Waals surface area contributed by atoms with Gasteiger partial charge in [0.15, 0.2) is 0 Å². The summed E-state index contributed by atoms with van der Waals surface area (Å²) in [6.07, 6.45) is 0. The lowest BCUT2D eigenvalue weighted by Gasteiger charge is -2.06. The van der Waals surface area contributed by atoms with E-state index in [2.05, 4.69) is 5.32 Å². The van der Waals surface area contributed by atoms with Crippen LogP contribution in [0.3, 0.4) is 0 Å². The molecule has 5 heteroatoms. The molecule has 98 valence electrons. The number of rotatable bonds is 4. The number of para-hydroxylation sites is 1. The monoisotopic (exact) mass is 292 g/mol. The molecule has 0 atom stereocenters. The standard InChI is InChI=1S/C14H13ClN2OS/c15-12-8-10(16)6-7-13(12)19-9-14(18)17-11-4-2-1-3-5-11/h1-8H,9,16H2,(H,17,18). The highest BCUT2D eigenvalue weighted by Gasteiger charge is 2.06. The molecule has 0 radical (unpaired) electrons. The van der Waals surface area contributed by atoms with E-state index in [1.54, 1.807) is 12.1 Å². The fourth-order valence-corrected chi connectivity index (χ4v) is 2.57. The van der Waals surface area contributed by atoms with Gasteiger partial charge in [-0.3, -0.25) is 4.79 Å². The molecule has 1 amide bonds. The van der Waals surface area contributed by atoms with Crippen LogP contribution in [0.25, 0.3) is 0 Å². The zero-order valence-electron chi connectivity index (χ0n) is 10.1. The number of amides is 1. The summed E-state index contributed by atoms with van der Waals surface area (Å²) in [4.78, 5) is 12.6. The van der Waals surface area contributed by atoms with Crippen LogP contribution in [0.4, 0.5) is 11.4 Å². The molecule has 0 spiro atoms. The molecule has 0 saturated heterocycles. The quantitative estimate of drug-likeness (QED) is 0.668. The van der Waals surface area contributed by atoms with E-state index in [1.165, 1.54) is 11.8 Å². The van der Waals surface area contributed by atoms with Gasteiger partial charge in [0, 0.05) is 16.3 Å². The Hall–Kier alpha value is -1.65. The largest absolute Gasteiger partial charge is 0.399 e. The molecule has 0 aliphatic heterocycles. The van der Waals surface area contributed by atoms with Crippen LogP contribution in [0.15, 0.2) is 53.4 Å². The van der Waals surface area contributed by atoms with Crippen molar-refractivity contribution in [1.82, 2.24) is 0 Å². The van der Waals surface area contributed by atoms with Crippen LogP contribution in [0.5, 0.6) is 0 Å². The maximum Gasteiger partial charge on any atom is 0.234 e. The minimum atomic E-state index is -0.0657. The molecule has 2 aromatic carbocycles. The molecule has 3 nitrogen and oxygen atoms in total. The molecule has 0 aromatic heterocycles. The van der Waals surface area contributed by atoms with E-state index in [4.69, 9.17) is 17.3 Å². The van der Waals surface area contributed by atoms with Crippen LogP contribution in [0.2, 0.25) is 5.02 Å². The number of thioether (sulfide) groups is 1. The normalized spacial score (nSPS) is 10.2. The third kappa shape index (κ3) is 4.19. The second-order valence-electron chi connectivity index (χ2n) is 3.89. The van der Waals surface area contributed by atoms with Gasteiger partial charge in [-0.05, 0) is 30.3 Å². The summed E-state index contributed by atoms with van der Waals surface area (Å²) in [6, 6.07) is 14.6. The van der Waals surface area contributed by atoms with Crippen LogP contribution in [-0.2, 0) is 4.79 Å². The Bertz CT molecular complexity index is 575. The van der Waals surface area contributed by atoms with Crippen LogP contribution in [-0.4, -0.2) is 11.7 Å². The minimum absolute atomic E-state index is 0.0657. The third-order valence-electron chi connectivity index (χ3n) is 2.37. The molecule has 19 heavy (non-hydrogen) atoms. The number of halogens is 1. The van der Waals surface area contributed by atoms with Crippen molar-refractivity contribution in [1.29, 1.82) is 0 Å². The first-order chi connectivity index (χ1) is 9.15. The number of nitrogen functional groups attached to an aromatic ring is 1. The zero-order chi connectivity index (χ0) is 13.7. The molecule has 3 N–H and O–H groups in total. The van der Waals surface area contributed by atoms with Crippen molar-refractivity contribution >= 4 is 40.6 Å². The highest BCUT2D eigenvalue weighted by Crippen LogP contribution is 2.28. The van der Waals surface area contributed by atoms with Crippen molar-refractivity contribution in [3.8, 4) is 0 Å². The highest BCUT2D eigenvalue weighted by molar-refractivity contribution is 8.00. The van der Waals surface area contributed by atoms with Gasteiger partial charge in [0.05, 0.1) is 10.8 Å². The number of carbonyl (C=O) groups is 1. The molecule has 0 unspecified atom stereocenters. The lowest BCUT2D eigenvalue weighted by Crippen LogP contribution is -2.13. The summed E-state index contributed by atoms with van der Waals surface area (Å²) < 4.78 is 0. The first-order valence-corrected chi connectivity index (χ1v) is 7.04. The van der Waals surface area contributed by atoms with Gasteiger partial charge in [0.2, 0.25) is 5.91 Å². The summed E-state index contributed by atoms with van der Waals surface area (Å²) in [6.45, 7) is 0. The van der Waals surface area contributed by atoms with E-state index >= 15 is 0 Å². The summed E-state index contributed by atoms with van der Waals surface area (Å²) >= 11 is 7.42. The van der Waals surface area contributed by atoms with Crippen LogP contribution < -0.4 is 11.1 Å². The average molecular weight is 293 g/mol. The number of hydrogen-bond donors (Lipinski definition) is 2. The van der Waals surface area contributed by atoms with E-state index in [9.17, 15) is 4.79 Å². The van der Waals surface area contributed by atoms with Gasteiger partial charge >= 0.3 is 0 Å². The Kier molecular flexibility index (Phi) is 4.71. The fourth-order valence-electron chi connectivity index (χ4n) is 1.50. The summed E-state index contributed by atoms with van der Waals surface area (Å²) in [5.41, 5.74) is 7.02. The Morgan fingerprint density at radius 2 is 1.95 bits per heavy atom. The molecule has 2 aromatic rings. The molecular weight excluding hydrogens is 280 g/mol. The Labute approximate surface area is 121 Å². The molecule has 0 fully saturated rings. The molecule has 2 rings (SSSR count). The predicted octanol–water partition coefficient (Wildman–Crippen LogP) is 3.65. The van der Waals surface area contributed by atoms with Crippen molar-refractivity contribution in [3.63, 3.8) is 0 Å². The molecule has 0 bridgehead atoms. The number of hydrogen-bond acceptors (Lipinski definition) is 3. The van der Waals surface area contributed by atoms with Crippen molar-refractivity contribution < 1.29 is 4.79 Å². The van der Waals surface area contributed by atoms with E-state index < -0.39 is 0 Å². The van der Waals surface area contributed by atoms with E-state index in [0.29, 0.717) is 16.5 Å². The fraction of sp³-hybridized carbons (Fsp3) is 0.0714. The summed E-state index contributed by atoms with van der Waals surface area (Å²) in [5.74, 6) is 0.238. The minimum Gasteiger partial charge on any atom is -0.399 e. The number of benzene rings is 2. The number of nitrogens with two attached hydrogens (primary N) is 1. The molecular formula is C14H13ClN2OS. The van der Waals surface area contributed by atoms with Gasteiger partial charge in [0.25, 0.3) is 0 Å². The average Bonchev–Trinajstić information content (AvgIpc) is 2.39. The number of anilines is 2.